The molecule has 0 radical (unpaired) electrons. The molecule has 2 aromatic rings. The first-order valence-electron chi connectivity index (χ1n) is 9.04. The van der Waals surface area contributed by atoms with Crippen LogP contribution < -0.4 is 0 Å². The molecule has 0 aliphatic rings. The van der Waals surface area contributed by atoms with Crippen molar-refractivity contribution in [2.45, 2.75) is 59.7 Å². The average molecular weight is 368 g/mol. The highest BCUT2D eigenvalue weighted by Crippen LogP contribution is 2.26. The number of fused-ring (bicyclic) bond motifs is 1. The van der Waals surface area contributed by atoms with Crippen molar-refractivity contribution in [3.63, 3.8) is 0 Å². The van der Waals surface area contributed by atoms with Gasteiger partial charge in [0, 0.05) is 0 Å². The van der Waals surface area contributed by atoms with Gasteiger partial charge in [0.05, 0.1) is 0 Å². The number of ether oxygens (including phenoxy) is 2. The van der Waals surface area contributed by atoms with Gasteiger partial charge in [0.1, 0.15) is 16.8 Å². The summed E-state index contributed by atoms with van der Waals surface area (Å²) in [5.74, 6) is -1.39. The first-order chi connectivity index (χ1) is 12.4. The van der Waals surface area contributed by atoms with Gasteiger partial charge in [-0.15, -0.1) is 0 Å². The van der Waals surface area contributed by atoms with E-state index in [1.54, 1.807) is 47.6 Å². The monoisotopic (exact) mass is 368 g/mol. The van der Waals surface area contributed by atoms with Gasteiger partial charge in [0.15, 0.2) is 0 Å². The second-order valence-electron chi connectivity index (χ2n) is 8.58. The smallest absolute Gasteiger partial charge is 0.346 e. The molecule has 2 aromatic carbocycles. The van der Waals surface area contributed by atoms with Crippen LogP contribution in [0.3, 0.4) is 0 Å². The van der Waals surface area contributed by atoms with Gasteiger partial charge in [-0.3, -0.25) is 0 Å². The molecule has 2 rings (SSSR count). The van der Waals surface area contributed by atoms with E-state index in [0.717, 1.165) is 21.9 Å². The molecular formula is C23H28O4. The normalized spacial score (nSPS) is 11.8. The molecule has 0 spiro atoms. The quantitative estimate of drug-likeness (QED) is 0.323. The van der Waals surface area contributed by atoms with Crippen LogP contribution >= 0.6 is 0 Å². The predicted octanol–water partition coefficient (Wildman–Crippen LogP) is 5.22. The molecule has 0 aliphatic carbocycles. The summed E-state index contributed by atoms with van der Waals surface area (Å²) in [6.07, 6.45) is 1.56. The molecule has 0 amide bonds. The van der Waals surface area contributed by atoms with Crippen molar-refractivity contribution >= 4 is 28.8 Å². The van der Waals surface area contributed by atoms with E-state index in [1.165, 1.54) is 0 Å². The molecule has 0 unspecified atom stereocenters. The molecule has 0 aromatic heterocycles. The molecule has 0 atom stereocenters. The zero-order valence-corrected chi connectivity index (χ0v) is 17.2. The van der Waals surface area contributed by atoms with E-state index >= 15 is 0 Å². The third-order valence-corrected chi connectivity index (χ3v) is 3.71. The summed E-state index contributed by atoms with van der Waals surface area (Å²) in [5.41, 5.74) is 0.344. The van der Waals surface area contributed by atoms with E-state index in [1.807, 2.05) is 43.3 Å². The van der Waals surface area contributed by atoms with Crippen molar-refractivity contribution < 1.29 is 19.1 Å². The van der Waals surface area contributed by atoms with Gasteiger partial charge in [-0.05, 0) is 76.4 Å². The fourth-order valence-corrected chi connectivity index (χ4v) is 2.62. The second-order valence-corrected chi connectivity index (χ2v) is 8.58. The summed E-state index contributed by atoms with van der Waals surface area (Å²) in [7, 11) is 0. The molecular weight excluding hydrogens is 340 g/mol. The summed E-state index contributed by atoms with van der Waals surface area (Å²) in [6.45, 7) is 12.6. The third-order valence-electron chi connectivity index (χ3n) is 3.71. The number of hydrogen-bond donors (Lipinski definition) is 0. The Morgan fingerprint density at radius 1 is 0.778 bits per heavy atom. The fourth-order valence-electron chi connectivity index (χ4n) is 2.62. The highest BCUT2D eigenvalue weighted by atomic mass is 16.6. The van der Waals surface area contributed by atoms with Gasteiger partial charge >= 0.3 is 11.9 Å². The van der Waals surface area contributed by atoms with Gasteiger partial charge in [-0.25, -0.2) is 9.59 Å². The molecule has 0 bridgehead atoms. The second kappa shape index (κ2) is 7.55. The average Bonchev–Trinajstić information content (AvgIpc) is 2.51. The van der Waals surface area contributed by atoms with E-state index in [9.17, 15) is 9.59 Å². The van der Waals surface area contributed by atoms with Crippen molar-refractivity contribution in [1.82, 2.24) is 0 Å². The van der Waals surface area contributed by atoms with Crippen molar-refractivity contribution in [2.75, 3.05) is 0 Å². The lowest BCUT2D eigenvalue weighted by molar-refractivity contribution is -0.158. The number of carbonyl (C=O) groups is 2. The van der Waals surface area contributed by atoms with E-state index in [0.29, 0.717) is 0 Å². The van der Waals surface area contributed by atoms with Gasteiger partial charge in [0.25, 0.3) is 0 Å². The van der Waals surface area contributed by atoms with Crippen LogP contribution in [0, 0.1) is 6.92 Å². The number of esters is 2. The van der Waals surface area contributed by atoms with Crippen molar-refractivity contribution in [3.05, 3.63) is 53.1 Å². The minimum absolute atomic E-state index is 0.117. The minimum Gasteiger partial charge on any atom is -0.456 e. The van der Waals surface area contributed by atoms with Crippen LogP contribution in [0.25, 0.3) is 16.8 Å². The number of aryl methyl sites for hydroxylation is 1. The topological polar surface area (TPSA) is 52.6 Å². The lowest BCUT2D eigenvalue weighted by Gasteiger charge is -2.23. The Bertz CT molecular complexity index is 863. The summed E-state index contributed by atoms with van der Waals surface area (Å²) in [6, 6.07) is 11.7. The van der Waals surface area contributed by atoms with Gasteiger partial charge in [0.2, 0.25) is 0 Å². The van der Waals surface area contributed by atoms with E-state index in [4.69, 9.17) is 9.47 Å². The molecule has 0 aliphatic heterocycles. The fraction of sp³-hybridized carbons (Fsp3) is 0.391. The summed E-state index contributed by atoms with van der Waals surface area (Å²) < 4.78 is 10.9. The maximum atomic E-state index is 12.7. The zero-order valence-electron chi connectivity index (χ0n) is 17.2. The van der Waals surface area contributed by atoms with Gasteiger partial charge < -0.3 is 9.47 Å². The lowest BCUT2D eigenvalue weighted by atomic mass is 9.98. The van der Waals surface area contributed by atoms with Crippen LogP contribution in [0.4, 0.5) is 0 Å². The Kier molecular flexibility index (Phi) is 5.79. The number of carbonyl (C=O) groups excluding carboxylic acids is 2. The Balaban J connectivity index is 2.58. The van der Waals surface area contributed by atoms with Gasteiger partial charge in [-0.2, -0.15) is 0 Å². The Labute approximate surface area is 161 Å². The standard InChI is InChI=1S/C23H28O4/c1-15-12-13-16(18-11-9-8-10-17(15)18)14-19(20(24)26-22(2,3)4)21(25)27-23(5,6)7/h8-14H,1-7H3. The molecule has 0 saturated heterocycles. The first kappa shape index (κ1) is 20.7. The van der Waals surface area contributed by atoms with Crippen LogP contribution in [0.15, 0.2) is 42.0 Å². The minimum atomic E-state index is -0.715. The maximum Gasteiger partial charge on any atom is 0.346 e. The molecule has 0 N–H and O–H groups in total. The van der Waals surface area contributed by atoms with Crippen LogP contribution in [-0.4, -0.2) is 23.1 Å². The van der Waals surface area contributed by atoms with E-state index in [2.05, 4.69) is 0 Å². The lowest BCUT2D eigenvalue weighted by Crippen LogP contribution is -2.31. The molecule has 0 heterocycles. The first-order valence-corrected chi connectivity index (χ1v) is 9.04. The molecule has 144 valence electrons. The Morgan fingerprint density at radius 2 is 1.26 bits per heavy atom. The van der Waals surface area contributed by atoms with E-state index < -0.39 is 23.1 Å². The summed E-state index contributed by atoms with van der Waals surface area (Å²) >= 11 is 0. The van der Waals surface area contributed by atoms with Crippen LogP contribution in [0.2, 0.25) is 0 Å². The number of hydrogen-bond acceptors (Lipinski definition) is 4. The van der Waals surface area contributed by atoms with Crippen molar-refractivity contribution in [2.24, 2.45) is 0 Å². The molecule has 0 saturated carbocycles. The SMILES string of the molecule is Cc1ccc(C=C(C(=O)OC(C)(C)C)C(=O)OC(C)(C)C)c2ccccc12. The summed E-state index contributed by atoms with van der Waals surface area (Å²) in [4.78, 5) is 25.4. The molecule has 4 nitrogen and oxygen atoms in total. The molecule has 4 heteroatoms. The van der Waals surface area contributed by atoms with E-state index in [-0.39, 0.29) is 5.57 Å². The molecule has 27 heavy (non-hydrogen) atoms. The van der Waals surface area contributed by atoms with Crippen LogP contribution in [-0.2, 0) is 19.1 Å². The maximum absolute atomic E-state index is 12.7. The van der Waals surface area contributed by atoms with Crippen LogP contribution in [0.1, 0.15) is 52.7 Å². The number of rotatable bonds is 3. The molecule has 0 fully saturated rings. The highest BCUT2D eigenvalue weighted by molar-refractivity contribution is 6.18. The van der Waals surface area contributed by atoms with Gasteiger partial charge in [-0.1, -0.05) is 36.4 Å². The predicted molar refractivity (Wildman–Crippen MR) is 108 cm³/mol. The third kappa shape index (κ3) is 5.68. The Hall–Kier alpha value is -2.62. The van der Waals surface area contributed by atoms with Crippen LogP contribution in [0.5, 0.6) is 0 Å². The zero-order chi connectivity index (χ0) is 20.4. The highest BCUT2D eigenvalue weighted by Gasteiger charge is 2.29. The largest absolute Gasteiger partial charge is 0.456 e. The number of benzene rings is 2. The summed E-state index contributed by atoms with van der Waals surface area (Å²) in [5, 5.41) is 2.03. The van der Waals surface area contributed by atoms with Crippen molar-refractivity contribution in [3.8, 4) is 0 Å². The Morgan fingerprint density at radius 3 is 1.74 bits per heavy atom. The van der Waals surface area contributed by atoms with Crippen molar-refractivity contribution in [1.29, 1.82) is 0 Å².